The molecule has 1 aliphatic rings. The highest BCUT2D eigenvalue weighted by molar-refractivity contribution is 7.09. The summed E-state index contributed by atoms with van der Waals surface area (Å²) in [6, 6.07) is 3.94. The van der Waals surface area contributed by atoms with Gasteiger partial charge in [-0.05, 0) is 11.4 Å². The zero-order chi connectivity index (χ0) is 13.7. The Bertz CT molecular complexity index is 433. The zero-order valence-electron chi connectivity index (χ0n) is 10.9. The molecule has 1 aliphatic heterocycles. The minimum atomic E-state index is -0.232. The Morgan fingerprint density at radius 2 is 2.47 bits per heavy atom. The summed E-state index contributed by atoms with van der Waals surface area (Å²) in [5.41, 5.74) is 0. The Balaban J connectivity index is 1.79. The van der Waals surface area contributed by atoms with Crippen LogP contribution < -0.4 is 5.32 Å². The average molecular weight is 282 g/mol. The van der Waals surface area contributed by atoms with E-state index in [4.69, 9.17) is 4.74 Å². The number of hydrogen-bond donors (Lipinski definition) is 1. The second-order valence-corrected chi connectivity index (χ2v) is 5.56. The first-order valence-corrected chi connectivity index (χ1v) is 7.15. The van der Waals surface area contributed by atoms with Crippen LogP contribution in [-0.4, -0.2) is 43.5 Å². The van der Waals surface area contributed by atoms with Crippen molar-refractivity contribution >= 4 is 23.2 Å². The number of carbonyl (C=O) groups is 2. The molecule has 5 nitrogen and oxygen atoms in total. The van der Waals surface area contributed by atoms with Crippen molar-refractivity contribution in [1.82, 2.24) is 10.2 Å². The van der Waals surface area contributed by atoms with Gasteiger partial charge in [0.15, 0.2) is 0 Å². The molecule has 1 saturated heterocycles. The lowest BCUT2D eigenvalue weighted by atomic mass is 10.1. The summed E-state index contributed by atoms with van der Waals surface area (Å²) in [6.07, 6.45) is 0.306. The van der Waals surface area contributed by atoms with Gasteiger partial charge in [0.2, 0.25) is 11.8 Å². The Labute approximate surface area is 116 Å². The van der Waals surface area contributed by atoms with E-state index in [0.29, 0.717) is 32.7 Å². The second kappa shape index (κ2) is 6.68. The monoisotopic (exact) mass is 282 g/mol. The summed E-state index contributed by atoms with van der Waals surface area (Å²) in [6.45, 7) is 2.11. The van der Waals surface area contributed by atoms with E-state index in [1.54, 1.807) is 23.3 Å². The summed E-state index contributed by atoms with van der Waals surface area (Å²) in [5, 5.41) is 4.86. The molecule has 2 heterocycles. The van der Waals surface area contributed by atoms with Crippen molar-refractivity contribution in [1.29, 1.82) is 0 Å². The van der Waals surface area contributed by atoms with Crippen LogP contribution in [0.25, 0.3) is 0 Å². The molecule has 2 amide bonds. The van der Waals surface area contributed by atoms with Crippen molar-refractivity contribution in [2.45, 2.75) is 13.0 Å². The molecule has 0 aromatic carbocycles. The summed E-state index contributed by atoms with van der Waals surface area (Å²) in [4.78, 5) is 26.5. The Morgan fingerprint density at radius 1 is 1.63 bits per heavy atom. The Morgan fingerprint density at radius 3 is 3.16 bits per heavy atom. The van der Waals surface area contributed by atoms with Gasteiger partial charge in [-0.2, -0.15) is 0 Å². The minimum absolute atomic E-state index is 0.0355. The predicted molar refractivity (Wildman–Crippen MR) is 72.7 cm³/mol. The number of rotatable bonds is 6. The number of likely N-dealkylation sites (tertiary alicyclic amines) is 1. The number of amides is 2. The number of ether oxygens (including phenoxy) is 1. The van der Waals surface area contributed by atoms with Crippen LogP contribution in [0.4, 0.5) is 0 Å². The third kappa shape index (κ3) is 3.78. The third-order valence-electron chi connectivity index (χ3n) is 3.17. The Hall–Kier alpha value is -1.40. The lowest BCUT2D eigenvalue weighted by Gasteiger charge is -2.15. The van der Waals surface area contributed by atoms with Gasteiger partial charge in [0, 0.05) is 31.5 Å². The van der Waals surface area contributed by atoms with Crippen molar-refractivity contribution in [2.24, 2.45) is 5.92 Å². The molecule has 0 aliphatic carbocycles. The lowest BCUT2D eigenvalue weighted by molar-refractivity contribution is -0.129. The molecule has 1 unspecified atom stereocenters. The highest BCUT2D eigenvalue weighted by Gasteiger charge is 2.33. The van der Waals surface area contributed by atoms with Gasteiger partial charge < -0.3 is 15.0 Å². The fraction of sp³-hybridized carbons (Fsp3) is 0.538. The summed E-state index contributed by atoms with van der Waals surface area (Å²) >= 11 is 1.61. The molecule has 2 rings (SSSR count). The van der Waals surface area contributed by atoms with E-state index in [0.717, 1.165) is 4.88 Å². The van der Waals surface area contributed by atoms with E-state index in [1.807, 2.05) is 17.5 Å². The molecule has 1 N–H and O–H groups in total. The van der Waals surface area contributed by atoms with Crippen molar-refractivity contribution in [3.8, 4) is 0 Å². The maximum absolute atomic E-state index is 12.0. The van der Waals surface area contributed by atoms with E-state index in [2.05, 4.69) is 5.32 Å². The lowest BCUT2D eigenvalue weighted by Crippen LogP contribution is -2.33. The van der Waals surface area contributed by atoms with Crippen LogP contribution in [0.5, 0.6) is 0 Å². The third-order valence-corrected chi connectivity index (χ3v) is 4.04. The Kier molecular flexibility index (Phi) is 4.93. The molecule has 0 saturated carbocycles. The molecule has 1 aromatic rings. The van der Waals surface area contributed by atoms with Crippen LogP contribution in [0.1, 0.15) is 11.3 Å². The van der Waals surface area contributed by atoms with Gasteiger partial charge in [-0.1, -0.05) is 6.07 Å². The number of carbonyl (C=O) groups excluding carboxylic acids is 2. The highest BCUT2D eigenvalue weighted by atomic mass is 32.1. The van der Waals surface area contributed by atoms with Crippen molar-refractivity contribution in [3.63, 3.8) is 0 Å². The van der Waals surface area contributed by atoms with Crippen LogP contribution in [0.15, 0.2) is 17.5 Å². The molecular weight excluding hydrogens is 264 g/mol. The molecule has 1 fully saturated rings. The molecule has 104 valence electrons. The maximum Gasteiger partial charge on any atom is 0.225 e. The number of nitrogens with zero attached hydrogens (tertiary/aromatic N) is 1. The van der Waals surface area contributed by atoms with Crippen molar-refractivity contribution in [3.05, 3.63) is 22.4 Å². The number of hydrogen-bond acceptors (Lipinski definition) is 4. The molecule has 1 aromatic heterocycles. The van der Waals surface area contributed by atoms with Crippen molar-refractivity contribution in [2.75, 3.05) is 26.8 Å². The number of methoxy groups -OCH3 is 1. The van der Waals surface area contributed by atoms with Crippen LogP contribution in [0.2, 0.25) is 0 Å². The standard InChI is InChI=1S/C13H18N2O3S/c1-18-5-4-15-9-10(7-12(15)16)13(17)14-8-11-3-2-6-19-11/h2-3,6,10H,4-5,7-9H2,1H3,(H,14,17). The molecule has 0 spiro atoms. The molecule has 6 heteroatoms. The molecule has 0 radical (unpaired) electrons. The normalized spacial score (nSPS) is 18.9. The highest BCUT2D eigenvalue weighted by Crippen LogP contribution is 2.18. The van der Waals surface area contributed by atoms with Gasteiger partial charge in [0.1, 0.15) is 0 Å². The van der Waals surface area contributed by atoms with Gasteiger partial charge in [-0.25, -0.2) is 0 Å². The van der Waals surface area contributed by atoms with E-state index in [1.165, 1.54) is 0 Å². The van der Waals surface area contributed by atoms with E-state index < -0.39 is 0 Å². The second-order valence-electron chi connectivity index (χ2n) is 4.53. The first-order chi connectivity index (χ1) is 9.20. The minimum Gasteiger partial charge on any atom is -0.383 e. The van der Waals surface area contributed by atoms with E-state index in [-0.39, 0.29) is 17.7 Å². The first kappa shape index (κ1) is 14.0. The smallest absolute Gasteiger partial charge is 0.225 e. The molecule has 1 atom stereocenters. The first-order valence-electron chi connectivity index (χ1n) is 6.27. The van der Waals surface area contributed by atoms with E-state index >= 15 is 0 Å². The number of nitrogens with one attached hydrogen (secondary N) is 1. The van der Waals surface area contributed by atoms with Crippen LogP contribution >= 0.6 is 11.3 Å². The number of thiophene rings is 1. The SMILES string of the molecule is COCCN1CC(C(=O)NCc2cccs2)CC1=O. The van der Waals surface area contributed by atoms with Gasteiger partial charge >= 0.3 is 0 Å². The zero-order valence-corrected chi connectivity index (χ0v) is 11.7. The maximum atomic E-state index is 12.0. The quantitative estimate of drug-likeness (QED) is 0.842. The van der Waals surface area contributed by atoms with Gasteiger partial charge in [-0.15, -0.1) is 11.3 Å². The average Bonchev–Trinajstić information content (AvgIpc) is 3.03. The summed E-state index contributed by atoms with van der Waals surface area (Å²) < 4.78 is 4.95. The van der Waals surface area contributed by atoms with Gasteiger partial charge in [0.25, 0.3) is 0 Å². The molecular formula is C13H18N2O3S. The van der Waals surface area contributed by atoms with Crippen molar-refractivity contribution < 1.29 is 14.3 Å². The van der Waals surface area contributed by atoms with E-state index in [9.17, 15) is 9.59 Å². The fourth-order valence-corrected chi connectivity index (χ4v) is 2.74. The molecule has 19 heavy (non-hydrogen) atoms. The molecule has 0 bridgehead atoms. The summed E-state index contributed by atoms with van der Waals surface area (Å²) in [7, 11) is 1.60. The fourth-order valence-electron chi connectivity index (χ4n) is 2.10. The van der Waals surface area contributed by atoms with Gasteiger partial charge in [-0.3, -0.25) is 9.59 Å². The van der Waals surface area contributed by atoms with Crippen LogP contribution in [-0.2, 0) is 20.9 Å². The topological polar surface area (TPSA) is 58.6 Å². The van der Waals surface area contributed by atoms with Crippen LogP contribution in [0.3, 0.4) is 0 Å². The van der Waals surface area contributed by atoms with Crippen LogP contribution in [0, 0.1) is 5.92 Å². The largest absolute Gasteiger partial charge is 0.383 e. The summed E-state index contributed by atoms with van der Waals surface area (Å²) in [5.74, 6) is -0.237. The van der Waals surface area contributed by atoms with Gasteiger partial charge in [0.05, 0.1) is 19.1 Å². The predicted octanol–water partition coefficient (Wildman–Crippen LogP) is 0.859.